The molecule has 0 radical (unpaired) electrons. The standard InChI is InChI=1S/C15H20N2O2/c1-11-10-17(6-3-7-19-11)15-8-13(9-16)4-5-14(15)12(2)18/h4-5,8,11-12,18H,3,6-7,10H2,1-2H3. The molecule has 0 saturated carbocycles. The third-order valence-corrected chi connectivity index (χ3v) is 3.40. The van der Waals surface area contributed by atoms with Crippen LogP contribution in [0, 0.1) is 11.3 Å². The molecule has 2 unspecified atom stereocenters. The number of hydrogen-bond acceptors (Lipinski definition) is 4. The molecule has 0 amide bonds. The van der Waals surface area contributed by atoms with Crippen LogP contribution in [-0.2, 0) is 4.74 Å². The van der Waals surface area contributed by atoms with Gasteiger partial charge in [-0.2, -0.15) is 5.26 Å². The zero-order chi connectivity index (χ0) is 13.8. The Balaban J connectivity index is 2.37. The summed E-state index contributed by atoms with van der Waals surface area (Å²) in [7, 11) is 0. The van der Waals surface area contributed by atoms with E-state index in [-0.39, 0.29) is 6.10 Å². The van der Waals surface area contributed by atoms with Gasteiger partial charge in [0.25, 0.3) is 0 Å². The molecular weight excluding hydrogens is 240 g/mol. The number of ether oxygens (including phenoxy) is 1. The van der Waals surface area contributed by atoms with E-state index in [0.29, 0.717) is 5.56 Å². The summed E-state index contributed by atoms with van der Waals surface area (Å²) in [5.74, 6) is 0. The first-order valence-corrected chi connectivity index (χ1v) is 6.70. The van der Waals surface area contributed by atoms with Gasteiger partial charge in [-0.1, -0.05) is 6.07 Å². The summed E-state index contributed by atoms with van der Waals surface area (Å²) in [6, 6.07) is 7.62. The molecule has 1 aliphatic heterocycles. The minimum Gasteiger partial charge on any atom is -0.389 e. The van der Waals surface area contributed by atoms with Gasteiger partial charge in [0.05, 0.1) is 23.8 Å². The van der Waals surface area contributed by atoms with E-state index in [1.807, 2.05) is 12.1 Å². The molecule has 4 nitrogen and oxygen atoms in total. The van der Waals surface area contributed by atoms with Gasteiger partial charge in [-0.15, -0.1) is 0 Å². The maximum atomic E-state index is 9.89. The molecule has 0 spiro atoms. The maximum Gasteiger partial charge on any atom is 0.0992 e. The van der Waals surface area contributed by atoms with Crippen molar-refractivity contribution in [1.82, 2.24) is 0 Å². The first kappa shape index (κ1) is 13.9. The largest absolute Gasteiger partial charge is 0.389 e. The molecule has 2 rings (SSSR count). The Bertz CT molecular complexity index is 480. The molecule has 0 aliphatic carbocycles. The third-order valence-electron chi connectivity index (χ3n) is 3.40. The topological polar surface area (TPSA) is 56.5 Å². The maximum absolute atomic E-state index is 9.89. The van der Waals surface area contributed by atoms with Crippen LogP contribution in [-0.4, -0.2) is 30.9 Å². The van der Waals surface area contributed by atoms with E-state index >= 15 is 0 Å². The van der Waals surface area contributed by atoms with Gasteiger partial charge in [-0.05, 0) is 32.4 Å². The lowest BCUT2D eigenvalue weighted by Crippen LogP contribution is -2.31. The van der Waals surface area contributed by atoms with Crippen molar-refractivity contribution in [3.8, 4) is 6.07 Å². The minimum absolute atomic E-state index is 0.162. The summed E-state index contributed by atoms with van der Waals surface area (Å²) in [4.78, 5) is 2.21. The van der Waals surface area contributed by atoms with Crippen LogP contribution in [0.15, 0.2) is 18.2 Å². The minimum atomic E-state index is -0.540. The van der Waals surface area contributed by atoms with Gasteiger partial charge in [0.2, 0.25) is 0 Å². The normalized spacial score (nSPS) is 21.6. The zero-order valence-electron chi connectivity index (χ0n) is 11.5. The number of rotatable bonds is 2. The Morgan fingerprint density at radius 1 is 1.53 bits per heavy atom. The second-order valence-electron chi connectivity index (χ2n) is 5.04. The van der Waals surface area contributed by atoms with Gasteiger partial charge in [-0.25, -0.2) is 0 Å². The van der Waals surface area contributed by atoms with Gasteiger partial charge in [0.15, 0.2) is 0 Å². The van der Waals surface area contributed by atoms with Crippen molar-refractivity contribution in [2.45, 2.75) is 32.5 Å². The molecule has 0 bridgehead atoms. The van der Waals surface area contributed by atoms with Crippen LogP contribution in [0.4, 0.5) is 5.69 Å². The summed E-state index contributed by atoms with van der Waals surface area (Å²) >= 11 is 0. The summed E-state index contributed by atoms with van der Waals surface area (Å²) in [6.07, 6.45) is 0.581. The molecule has 102 valence electrons. The second-order valence-corrected chi connectivity index (χ2v) is 5.04. The smallest absolute Gasteiger partial charge is 0.0992 e. The van der Waals surface area contributed by atoms with E-state index in [1.54, 1.807) is 13.0 Å². The van der Waals surface area contributed by atoms with Crippen LogP contribution < -0.4 is 4.90 Å². The first-order chi connectivity index (χ1) is 9.11. The van der Waals surface area contributed by atoms with E-state index in [4.69, 9.17) is 10.00 Å². The molecule has 1 saturated heterocycles. The monoisotopic (exact) mass is 260 g/mol. The van der Waals surface area contributed by atoms with Gasteiger partial charge in [-0.3, -0.25) is 0 Å². The van der Waals surface area contributed by atoms with Gasteiger partial charge < -0.3 is 14.7 Å². The number of nitriles is 1. The van der Waals surface area contributed by atoms with Crippen LogP contribution in [0.5, 0.6) is 0 Å². The highest BCUT2D eigenvalue weighted by molar-refractivity contribution is 5.58. The molecule has 1 aromatic carbocycles. The molecule has 1 heterocycles. The highest BCUT2D eigenvalue weighted by atomic mass is 16.5. The van der Waals surface area contributed by atoms with Crippen molar-refractivity contribution in [3.05, 3.63) is 29.3 Å². The highest BCUT2D eigenvalue weighted by Gasteiger charge is 2.19. The average Bonchev–Trinajstić information content (AvgIpc) is 2.62. The number of anilines is 1. The van der Waals surface area contributed by atoms with Crippen molar-refractivity contribution in [2.24, 2.45) is 0 Å². The Kier molecular flexibility index (Phi) is 4.41. The number of benzene rings is 1. The van der Waals surface area contributed by atoms with Crippen LogP contribution in [0.3, 0.4) is 0 Å². The fourth-order valence-corrected chi connectivity index (χ4v) is 2.45. The molecule has 1 aromatic rings. The molecule has 1 N–H and O–H groups in total. The van der Waals surface area contributed by atoms with Crippen molar-refractivity contribution in [2.75, 3.05) is 24.6 Å². The van der Waals surface area contributed by atoms with Crippen LogP contribution >= 0.6 is 0 Å². The molecule has 1 aliphatic rings. The number of nitrogens with zero attached hydrogens (tertiary/aromatic N) is 2. The fraction of sp³-hybridized carbons (Fsp3) is 0.533. The van der Waals surface area contributed by atoms with Gasteiger partial charge in [0, 0.05) is 30.9 Å². The van der Waals surface area contributed by atoms with E-state index in [2.05, 4.69) is 17.9 Å². The van der Waals surface area contributed by atoms with E-state index < -0.39 is 6.10 Å². The van der Waals surface area contributed by atoms with E-state index in [9.17, 15) is 5.11 Å². The van der Waals surface area contributed by atoms with Gasteiger partial charge >= 0.3 is 0 Å². The van der Waals surface area contributed by atoms with Crippen molar-refractivity contribution >= 4 is 5.69 Å². The summed E-state index contributed by atoms with van der Waals surface area (Å²) < 4.78 is 5.64. The third kappa shape index (κ3) is 3.25. The predicted molar refractivity (Wildman–Crippen MR) is 74.0 cm³/mol. The average molecular weight is 260 g/mol. The van der Waals surface area contributed by atoms with E-state index in [0.717, 1.165) is 37.4 Å². The Hall–Kier alpha value is -1.57. The lowest BCUT2D eigenvalue weighted by molar-refractivity contribution is 0.0820. The Morgan fingerprint density at radius 2 is 2.32 bits per heavy atom. The molecular formula is C15H20N2O2. The molecule has 1 fully saturated rings. The van der Waals surface area contributed by atoms with Crippen molar-refractivity contribution < 1.29 is 9.84 Å². The number of aliphatic hydroxyl groups excluding tert-OH is 1. The van der Waals surface area contributed by atoms with Crippen molar-refractivity contribution in [3.63, 3.8) is 0 Å². The lowest BCUT2D eigenvalue weighted by Gasteiger charge is -2.27. The number of aliphatic hydroxyl groups is 1. The predicted octanol–water partition coefficient (Wildman–Crippen LogP) is 2.23. The molecule has 4 heteroatoms. The molecule has 19 heavy (non-hydrogen) atoms. The van der Waals surface area contributed by atoms with Crippen LogP contribution in [0.25, 0.3) is 0 Å². The van der Waals surface area contributed by atoms with Crippen molar-refractivity contribution in [1.29, 1.82) is 5.26 Å². The Labute approximate surface area is 114 Å². The van der Waals surface area contributed by atoms with Gasteiger partial charge in [0.1, 0.15) is 0 Å². The summed E-state index contributed by atoms with van der Waals surface area (Å²) in [6.45, 7) is 6.24. The fourth-order valence-electron chi connectivity index (χ4n) is 2.45. The zero-order valence-corrected chi connectivity index (χ0v) is 11.5. The highest BCUT2D eigenvalue weighted by Crippen LogP contribution is 2.29. The van der Waals surface area contributed by atoms with E-state index in [1.165, 1.54) is 0 Å². The SMILES string of the molecule is CC1CN(c2cc(C#N)ccc2C(C)O)CCCO1. The summed E-state index contributed by atoms with van der Waals surface area (Å²) in [5.41, 5.74) is 2.44. The number of hydrogen-bond donors (Lipinski definition) is 1. The molecule has 2 atom stereocenters. The summed E-state index contributed by atoms with van der Waals surface area (Å²) in [5, 5.41) is 18.9. The quantitative estimate of drug-likeness (QED) is 0.886. The van der Waals surface area contributed by atoms with Crippen LogP contribution in [0.2, 0.25) is 0 Å². The molecule has 0 aromatic heterocycles. The lowest BCUT2D eigenvalue weighted by atomic mass is 10.0. The second kappa shape index (κ2) is 6.05. The Morgan fingerprint density at radius 3 is 3.00 bits per heavy atom. The first-order valence-electron chi connectivity index (χ1n) is 6.70. The van der Waals surface area contributed by atoms with Crippen LogP contribution in [0.1, 0.15) is 37.5 Å².